The quantitative estimate of drug-likeness (QED) is 0.0838. The van der Waals surface area contributed by atoms with E-state index in [9.17, 15) is 9.59 Å². The van der Waals surface area contributed by atoms with E-state index in [1.54, 1.807) is 0 Å². The van der Waals surface area contributed by atoms with Gasteiger partial charge in [0.2, 0.25) is 0 Å². The van der Waals surface area contributed by atoms with Crippen molar-refractivity contribution in [2.45, 2.75) is 167 Å². The summed E-state index contributed by atoms with van der Waals surface area (Å²) in [5, 5.41) is 17.8. The van der Waals surface area contributed by atoms with Gasteiger partial charge in [-0.3, -0.25) is 9.59 Å². The number of hydrogen-bond donors (Lipinski definition) is 2. The number of rotatable bonds is 28. The minimum Gasteiger partial charge on any atom is -0.481 e. The number of hydrogen-bond acceptors (Lipinski definition) is 2. The first-order chi connectivity index (χ1) is 17.1. The van der Waals surface area contributed by atoms with Gasteiger partial charge >= 0.3 is 11.9 Å². The first-order valence-corrected chi connectivity index (χ1v) is 15.2. The van der Waals surface area contributed by atoms with Gasteiger partial charge in [-0.15, -0.1) is 0 Å². The fraction of sp³-hybridized carbons (Fsp3) is 0.871. The van der Waals surface area contributed by atoms with E-state index >= 15 is 0 Å². The molecule has 206 valence electrons. The molecule has 0 heterocycles. The zero-order valence-corrected chi connectivity index (χ0v) is 23.1. The van der Waals surface area contributed by atoms with Gasteiger partial charge in [-0.05, 0) is 19.3 Å². The maximum atomic E-state index is 11.0. The fourth-order valence-electron chi connectivity index (χ4n) is 4.73. The molecule has 0 aromatic carbocycles. The van der Waals surface area contributed by atoms with Gasteiger partial charge in [-0.25, -0.2) is 0 Å². The normalized spacial score (nSPS) is 12.4. The summed E-state index contributed by atoms with van der Waals surface area (Å²) in [4.78, 5) is 21.7. The molecule has 0 bridgehead atoms. The fourth-order valence-corrected chi connectivity index (χ4v) is 4.73. The maximum absolute atomic E-state index is 11.0. The molecular formula is C31H58O4. The van der Waals surface area contributed by atoms with Crippen LogP contribution >= 0.6 is 0 Å². The zero-order chi connectivity index (χ0) is 25.8. The van der Waals surface area contributed by atoms with Crippen LogP contribution < -0.4 is 0 Å². The van der Waals surface area contributed by atoms with Gasteiger partial charge in [-0.1, -0.05) is 154 Å². The number of carboxylic acids is 2. The Bertz CT molecular complexity index is 500. The third-order valence-corrected chi connectivity index (χ3v) is 7.08. The molecule has 0 aromatic heterocycles. The van der Waals surface area contributed by atoms with Crippen molar-refractivity contribution >= 4 is 11.9 Å². The predicted molar refractivity (Wildman–Crippen MR) is 149 cm³/mol. The molecule has 0 rings (SSSR count). The van der Waals surface area contributed by atoms with Crippen molar-refractivity contribution in [1.82, 2.24) is 0 Å². The Morgan fingerprint density at radius 3 is 1.20 bits per heavy atom. The monoisotopic (exact) mass is 494 g/mol. The SMILES string of the molecule is CCCCCCCCCCCCCCCCCCCCCCCC/C=C/CC(CC(=O)O)C(=O)O. The minimum absolute atomic E-state index is 0.306. The van der Waals surface area contributed by atoms with Crippen molar-refractivity contribution in [3.8, 4) is 0 Å². The van der Waals surface area contributed by atoms with Crippen molar-refractivity contribution < 1.29 is 19.8 Å². The first-order valence-electron chi connectivity index (χ1n) is 15.2. The average Bonchev–Trinajstić information content (AvgIpc) is 2.83. The highest BCUT2D eigenvalue weighted by molar-refractivity contribution is 5.77. The van der Waals surface area contributed by atoms with E-state index in [2.05, 4.69) is 6.92 Å². The summed E-state index contributed by atoms with van der Waals surface area (Å²) in [5.74, 6) is -2.89. The van der Waals surface area contributed by atoms with E-state index in [0.29, 0.717) is 6.42 Å². The van der Waals surface area contributed by atoms with Crippen LogP contribution in [-0.2, 0) is 9.59 Å². The predicted octanol–water partition coefficient (Wildman–Crippen LogP) is 10.1. The number of carboxylic acid groups (broad SMARTS) is 2. The summed E-state index contributed by atoms with van der Waals surface area (Å²) in [5.41, 5.74) is 0. The number of aliphatic carboxylic acids is 2. The number of carbonyl (C=O) groups is 2. The molecule has 0 aliphatic carbocycles. The molecule has 1 unspecified atom stereocenters. The molecule has 0 amide bonds. The molecule has 0 spiro atoms. The first kappa shape index (κ1) is 33.7. The Hall–Kier alpha value is -1.32. The third-order valence-electron chi connectivity index (χ3n) is 7.08. The second-order valence-corrected chi connectivity index (χ2v) is 10.6. The van der Waals surface area contributed by atoms with Crippen molar-refractivity contribution in [3.63, 3.8) is 0 Å². The van der Waals surface area contributed by atoms with Crippen LogP contribution in [0, 0.1) is 5.92 Å². The summed E-state index contributed by atoms with van der Waals surface area (Å²) in [6, 6.07) is 0. The molecule has 0 aliphatic rings. The lowest BCUT2D eigenvalue weighted by molar-refractivity contribution is -0.148. The van der Waals surface area contributed by atoms with Crippen molar-refractivity contribution in [2.24, 2.45) is 5.92 Å². The van der Waals surface area contributed by atoms with Crippen LogP contribution in [0.2, 0.25) is 0 Å². The van der Waals surface area contributed by atoms with Crippen molar-refractivity contribution in [3.05, 3.63) is 12.2 Å². The summed E-state index contributed by atoms with van der Waals surface area (Å²) in [7, 11) is 0. The van der Waals surface area contributed by atoms with E-state index < -0.39 is 17.9 Å². The molecule has 1 atom stereocenters. The molecule has 4 nitrogen and oxygen atoms in total. The number of allylic oxidation sites excluding steroid dienone is 2. The van der Waals surface area contributed by atoms with Gasteiger partial charge in [0, 0.05) is 0 Å². The Morgan fingerprint density at radius 1 is 0.543 bits per heavy atom. The lowest BCUT2D eigenvalue weighted by Crippen LogP contribution is -2.16. The van der Waals surface area contributed by atoms with Crippen LogP contribution in [0.15, 0.2) is 12.2 Å². The standard InChI is InChI=1S/C31H58O4/c1-2-3-4-5-6-7-8-9-10-11-12-13-14-15-16-17-18-19-20-21-22-23-24-25-26-27-29(31(34)35)28-30(32)33/h25-26,29H,2-24,27-28H2,1H3,(H,32,33)(H,34,35)/b26-25+. The lowest BCUT2D eigenvalue weighted by atomic mass is 10.0. The highest BCUT2D eigenvalue weighted by atomic mass is 16.4. The molecule has 0 aromatic rings. The molecular weight excluding hydrogens is 436 g/mol. The largest absolute Gasteiger partial charge is 0.481 e. The second-order valence-electron chi connectivity index (χ2n) is 10.6. The van der Waals surface area contributed by atoms with Crippen LogP contribution in [0.3, 0.4) is 0 Å². The summed E-state index contributed by atoms with van der Waals surface area (Å²) < 4.78 is 0. The minimum atomic E-state index is -1.05. The van der Waals surface area contributed by atoms with Gasteiger partial charge in [0.1, 0.15) is 0 Å². The highest BCUT2D eigenvalue weighted by Gasteiger charge is 2.19. The van der Waals surface area contributed by atoms with Crippen LogP contribution in [0.25, 0.3) is 0 Å². The van der Waals surface area contributed by atoms with Gasteiger partial charge in [-0.2, -0.15) is 0 Å². The molecule has 4 heteroatoms. The maximum Gasteiger partial charge on any atom is 0.307 e. The molecule has 2 N–H and O–H groups in total. The van der Waals surface area contributed by atoms with Crippen molar-refractivity contribution in [2.75, 3.05) is 0 Å². The molecule has 0 fully saturated rings. The highest BCUT2D eigenvalue weighted by Crippen LogP contribution is 2.16. The molecule has 0 radical (unpaired) electrons. The van der Waals surface area contributed by atoms with Crippen molar-refractivity contribution in [1.29, 1.82) is 0 Å². The van der Waals surface area contributed by atoms with Crippen LogP contribution in [0.4, 0.5) is 0 Å². The third kappa shape index (κ3) is 27.1. The zero-order valence-electron chi connectivity index (χ0n) is 23.1. The van der Waals surface area contributed by atoms with Crippen LogP contribution in [0.1, 0.15) is 167 Å². The smallest absolute Gasteiger partial charge is 0.307 e. The molecule has 0 aliphatic heterocycles. The Labute approximate surface area is 217 Å². The molecule has 0 saturated heterocycles. The topological polar surface area (TPSA) is 74.6 Å². The summed E-state index contributed by atoms with van der Waals surface area (Å²) >= 11 is 0. The van der Waals surface area contributed by atoms with Gasteiger partial charge in [0.25, 0.3) is 0 Å². The molecule has 0 saturated carbocycles. The van der Waals surface area contributed by atoms with Crippen LogP contribution in [0.5, 0.6) is 0 Å². The van der Waals surface area contributed by atoms with E-state index in [4.69, 9.17) is 10.2 Å². The summed E-state index contributed by atoms with van der Waals surface area (Å²) in [6.07, 6.45) is 35.3. The molecule has 35 heavy (non-hydrogen) atoms. The lowest BCUT2D eigenvalue weighted by Gasteiger charge is -2.05. The van der Waals surface area contributed by atoms with Gasteiger partial charge in [0.15, 0.2) is 0 Å². The van der Waals surface area contributed by atoms with E-state index in [-0.39, 0.29) is 6.42 Å². The van der Waals surface area contributed by atoms with E-state index in [0.717, 1.165) is 12.8 Å². The number of unbranched alkanes of at least 4 members (excludes halogenated alkanes) is 22. The average molecular weight is 495 g/mol. The Kier molecular flexibility index (Phi) is 26.2. The van der Waals surface area contributed by atoms with E-state index in [1.165, 1.54) is 135 Å². The summed E-state index contributed by atoms with van der Waals surface area (Å²) in [6.45, 7) is 2.29. The second kappa shape index (κ2) is 27.3. The van der Waals surface area contributed by atoms with Gasteiger partial charge < -0.3 is 10.2 Å². The van der Waals surface area contributed by atoms with E-state index in [1.807, 2.05) is 12.2 Å². The Morgan fingerprint density at radius 2 is 0.886 bits per heavy atom. The Balaban J connectivity index is 3.23. The van der Waals surface area contributed by atoms with Crippen LogP contribution in [-0.4, -0.2) is 22.2 Å². The van der Waals surface area contributed by atoms with Gasteiger partial charge in [0.05, 0.1) is 12.3 Å².